The highest BCUT2D eigenvalue weighted by Crippen LogP contribution is 2.51. The summed E-state index contributed by atoms with van der Waals surface area (Å²) in [5.41, 5.74) is 0.708. The van der Waals surface area contributed by atoms with E-state index in [9.17, 15) is 9.59 Å². The van der Waals surface area contributed by atoms with Crippen LogP contribution in [0.2, 0.25) is 10.0 Å². The van der Waals surface area contributed by atoms with Crippen LogP contribution in [0.25, 0.3) is 0 Å². The molecule has 7 heteroatoms. The number of ether oxygens (including phenoxy) is 1. The molecule has 0 radical (unpaired) electrons. The standard InChI is InChI=1S/C15H16Cl2N2O3/c1-22-11(20)8-19-10-3-2-9(16)13(17)12(10)15(14(19)21)4-6-18-7-5-15/h2-3,18H,4-8H2,1H3. The Labute approximate surface area is 138 Å². The number of carbonyl (C=O) groups excluding carboxylic acids is 2. The first-order chi connectivity index (χ1) is 10.5. The molecule has 0 saturated carbocycles. The number of fused-ring (bicyclic) bond motifs is 2. The third-order valence-corrected chi connectivity index (χ3v) is 5.27. The zero-order valence-corrected chi connectivity index (χ0v) is 13.6. The molecule has 3 rings (SSSR count). The molecule has 1 fully saturated rings. The molecule has 1 saturated heterocycles. The average Bonchev–Trinajstić information content (AvgIpc) is 2.74. The summed E-state index contributed by atoms with van der Waals surface area (Å²) in [6.45, 7) is 1.33. The molecule has 2 aliphatic rings. The minimum absolute atomic E-state index is 0.0985. The quantitative estimate of drug-likeness (QED) is 0.836. The smallest absolute Gasteiger partial charge is 0.325 e. The van der Waals surface area contributed by atoms with Crippen molar-refractivity contribution in [1.29, 1.82) is 0 Å². The lowest BCUT2D eigenvalue weighted by Gasteiger charge is -2.33. The second-order valence-corrected chi connectivity index (χ2v) is 6.34. The lowest BCUT2D eigenvalue weighted by Crippen LogP contribution is -2.48. The monoisotopic (exact) mass is 342 g/mol. The van der Waals surface area contributed by atoms with Gasteiger partial charge >= 0.3 is 5.97 Å². The first-order valence-electron chi connectivity index (χ1n) is 7.09. The molecule has 1 amide bonds. The van der Waals surface area contributed by atoms with Crippen LogP contribution in [-0.2, 0) is 19.7 Å². The first kappa shape index (κ1) is 15.6. The van der Waals surface area contributed by atoms with Crippen molar-refractivity contribution in [1.82, 2.24) is 5.32 Å². The van der Waals surface area contributed by atoms with E-state index < -0.39 is 11.4 Å². The van der Waals surface area contributed by atoms with Gasteiger partial charge in [0.15, 0.2) is 0 Å². The van der Waals surface area contributed by atoms with Gasteiger partial charge in [-0.1, -0.05) is 23.2 Å². The van der Waals surface area contributed by atoms with Crippen LogP contribution >= 0.6 is 23.2 Å². The van der Waals surface area contributed by atoms with Crippen LogP contribution in [0, 0.1) is 0 Å². The number of halogens is 2. The van der Waals surface area contributed by atoms with Crippen molar-refractivity contribution < 1.29 is 14.3 Å². The van der Waals surface area contributed by atoms with Crippen molar-refractivity contribution in [3.63, 3.8) is 0 Å². The van der Waals surface area contributed by atoms with E-state index in [0.29, 0.717) is 28.6 Å². The Morgan fingerprint density at radius 2 is 2.05 bits per heavy atom. The molecule has 0 unspecified atom stereocenters. The maximum Gasteiger partial charge on any atom is 0.325 e. The molecule has 2 heterocycles. The number of hydrogen-bond acceptors (Lipinski definition) is 4. The van der Waals surface area contributed by atoms with Gasteiger partial charge in [-0.25, -0.2) is 0 Å². The number of nitrogens with zero attached hydrogens (tertiary/aromatic N) is 1. The van der Waals surface area contributed by atoms with Gasteiger partial charge in [0, 0.05) is 5.56 Å². The third kappa shape index (κ3) is 2.19. The molecule has 0 atom stereocenters. The predicted octanol–water partition coefficient (Wildman–Crippen LogP) is 2.13. The van der Waals surface area contributed by atoms with E-state index in [4.69, 9.17) is 27.9 Å². The molecule has 2 aliphatic heterocycles. The summed E-state index contributed by atoms with van der Waals surface area (Å²) in [6, 6.07) is 3.40. The van der Waals surface area contributed by atoms with E-state index >= 15 is 0 Å². The van der Waals surface area contributed by atoms with Crippen LogP contribution in [0.3, 0.4) is 0 Å². The number of anilines is 1. The van der Waals surface area contributed by atoms with Gasteiger partial charge in [-0.15, -0.1) is 0 Å². The van der Waals surface area contributed by atoms with Gasteiger partial charge in [0.05, 0.1) is 28.3 Å². The number of methoxy groups -OCH3 is 1. The van der Waals surface area contributed by atoms with Gasteiger partial charge in [-0.3, -0.25) is 9.59 Å². The molecule has 1 aromatic rings. The first-order valence-corrected chi connectivity index (χ1v) is 7.85. The SMILES string of the molecule is COC(=O)CN1C(=O)C2(CCNCC2)c2c1ccc(Cl)c2Cl. The van der Waals surface area contributed by atoms with Crippen molar-refractivity contribution in [3.05, 3.63) is 27.7 Å². The predicted molar refractivity (Wildman–Crippen MR) is 84.6 cm³/mol. The highest BCUT2D eigenvalue weighted by atomic mass is 35.5. The van der Waals surface area contributed by atoms with Crippen LogP contribution in [0.1, 0.15) is 18.4 Å². The fraction of sp³-hybridized carbons (Fsp3) is 0.467. The van der Waals surface area contributed by atoms with E-state index in [2.05, 4.69) is 5.32 Å². The van der Waals surface area contributed by atoms with E-state index in [1.165, 1.54) is 12.0 Å². The van der Waals surface area contributed by atoms with Crippen molar-refractivity contribution in [2.24, 2.45) is 0 Å². The summed E-state index contributed by atoms with van der Waals surface area (Å²) in [4.78, 5) is 26.2. The van der Waals surface area contributed by atoms with Crippen LogP contribution in [0.4, 0.5) is 5.69 Å². The minimum atomic E-state index is -0.698. The summed E-state index contributed by atoms with van der Waals surface area (Å²) in [6.07, 6.45) is 1.27. The number of nitrogens with one attached hydrogen (secondary N) is 1. The maximum absolute atomic E-state index is 13.0. The van der Waals surface area contributed by atoms with E-state index in [1.807, 2.05) is 0 Å². The second kappa shape index (κ2) is 5.72. The summed E-state index contributed by atoms with van der Waals surface area (Å²) < 4.78 is 4.70. The van der Waals surface area contributed by atoms with Crippen molar-refractivity contribution in [3.8, 4) is 0 Å². The number of piperidine rings is 1. The van der Waals surface area contributed by atoms with Gasteiger partial charge < -0.3 is 15.0 Å². The molecule has 1 aromatic carbocycles. The molecule has 0 bridgehead atoms. The number of amides is 1. The van der Waals surface area contributed by atoms with E-state index in [-0.39, 0.29) is 12.5 Å². The fourth-order valence-corrected chi connectivity index (χ4v) is 3.86. The molecule has 1 spiro atoms. The number of benzene rings is 1. The zero-order valence-electron chi connectivity index (χ0n) is 12.1. The summed E-state index contributed by atoms with van der Waals surface area (Å²) in [5, 5.41) is 4.08. The number of hydrogen-bond donors (Lipinski definition) is 1. The summed E-state index contributed by atoms with van der Waals surface area (Å²) in [7, 11) is 1.30. The minimum Gasteiger partial charge on any atom is -0.468 e. The molecule has 5 nitrogen and oxygen atoms in total. The Kier molecular flexibility index (Phi) is 4.05. The van der Waals surface area contributed by atoms with Gasteiger partial charge in [-0.2, -0.15) is 0 Å². The van der Waals surface area contributed by atoms with E-state index in [1.54, 1.807) is 12.1 Å². The lowest BCUT2D eigenvalue weighted by atomic mass is 9.74. The fourth-order valence-electron chi connectivity index (χ4n) is 3.36. The molecule has 0 aromatic heterocycles. The second-order valence-electron chi connectivity index (χ2n) is 5.56. The van der Waals surface area contributed by atoms with Crippen LogP contribution in [0.5, 0.6) is 0 Å². The Bertz CT molecular complexity index is 642. The maximum atomic E-state index is 13.0. The van der Waals surface area contributed by atoms with Crippen LogP contribution in [-0.4, -0.2) is 38.6 Å². The number of esters is 1. The highest BCUT2D eigenvalue weighted by molar-refractivity contribution is 6.43. The van der Waals surface area contributed by atoms with Gasteiger partial charge in [0.2, 0.25) is 5.91 Å². The molecule has 1 N–H and O–H groups in total. The van der Waals surface area contributed by atoms with Crippen molar-refractivity contribution in [2.75, 3.05) is 31.6 Å². The van der Waals surface area contributed by atoms with Gasteiger partial charge in [0.25, 0.3) is 0 Å². The van der Waals surface area contributed by atoms with Gasteiger partial charge in [0.1, 0.15) is 6.54 Å². The largest absolute Gasteiger partial charge is 0.468 e. The molecule has 22 heavy (non-hydrogen) atoms. The van der Waals surface area contributed by atoms with Crippen molar-refractivity contribution >= 4 is 40.8 Å². The van der Waals surface area contributed by atoms with Crippen molar-refractivity contribution in [2.45, 2.75) is 18.3 Å². The van der Waals surface area contributed by atoms with E-state index in [0.717, 1.165) is 18.7 Å². The highest BCUT2D eigenvalue weighted by Gasteiger charge is 2.53. The Morgan fingerprint density at radius 1 is 1.36 bits per heavy atom. The lowest BCUT2D eigenvalue weighted by molar-refractivity contribution is -0.140. The average molecular weight is 343 g/mol. The molecule has 118 valence electrons. The summed E-state index contributed by atoms with van der Waals surface area (Å²) >= 11 is 12.6. The van der Waals surface area contributed by atoms with Gasteiger partial charge in [-0.05, 0) is 38.1 Å². The Morgan fingerprint density at radius 3 is 2.68 bits per heavy atom. The topological polar surface area (TPSA) is 58.6 Å². The third-order valence-electron chi connectivity index (χ3n) is 4.47. The molecular formula is C15H16Cl2N2O3. The Hall–Kier alpha value is -1.30. The zero-order chi connectivity index (χ0) is 15.9. The molecular weight excluding hydrogens is 327 g/mol. The summed E-state index contributed by atoms with van der Waals surface area (Å²) in [5.74, 6) is -0.560. The van der Waals surface area contributed by atoms with Crippen LogP contribution < -0.4 is 10.2 Å². The van der Waals surface area contributed by atoms with Crippen LogP contribution in [0.15, 0.2) is 12.1 Å². The molecule has 0 aliphatic carbocycles. The number of rotatable bonds is 2. The Balaban J connectivity index is 2.14. The number of carbonyl (C=O) groups is 2. The normalized spacial score (nSPS) is 19.4.